The van der Waals surface area contributed by atoms with E-state index in [0.717, 1.165) is 19.0 Å². The highest BCUT2D eigenvalue weighted by atomic mass is 19.1. The molecule has 7 nitrogen and oxygen atoms in total. The maximum atomic E-state index is 14.4. The lowest BCUT2D eigenvalue weighted by Gasteiger charge is -2.26. The number of carbonyl (C=O) groups is 1. The van der Waals surface area contributed by atoms with Gasteiger partial charge in [-0.05, 0) is 26.0 Å². The average Bonchev–Trinajstić information content (AvgIpc) is 3.22. The summed E-state index contributed by atoms with van der Waals surface area (Å²) in [6, 6.07) is 2.97. The van der Waals surface area contributed by atoms with Crippen molar-refractivity contribution in [2.24, 2.45) is 0 Å². The third kappa shape index (κ3) is 3.52. The molecule has 2 aliphatic rings. The molecule has 142 valence electrons. The zero-order chi connectivity index (χ0) is 19.0. The van der Waals surface area contributed by atoms with Gasteiger partial charge in [-0.25, -0.2) is 9.37 Å². The number of aromatic amines is 1. The Labute approximate surface area is 156 Å². The van der Waals surface area contributed by atoms with Gasteiger partial charge < -0.3 is 24.7 Å². The molecule has 0 saturated carbocycles. The molecule has 1 aromatic carbocycles. The van der Waals surface area contributed by atoms with Crippen LogP contribution in [0.25, 0.3) is 11.6 Å². The standard InChI is InChI=1S/C19H21FN4O3/c1-11(2)27-13-8-14-15(18(25)23-17(14)16(20)9-13)7-12-10-21-19(22-12)24-3-5-26-6-4-24/h7-11H,3-6H2,1-2H3,(H,21,22)(H,23,25)/b15-7-. The first kappa shape index (κ1) is 17.5. The molecule has 0 bridgehead atoms. The first-order chi connectivity index (χ1) is 13.0. The highest BCUT2D eigenvalue weighted by molar-refractivity contribution is 6.35. The number of nitrogens with one attached hydrogen (secondary N) is 2. The van der Waals surface area contributed by atoms with Crippen molar-refractivity contribution in [3.05, 3.63) is 35.4 Å². The molecule has 1 fully saturated rings. The lowest BCUT2D eigenvalue weighted by molar-refractivity contribution is -0.110. The second-order valence-corrected chi connectivity index (χ2v) is 6.77. The summed E-state index contributed by atoms with van der Waals surface area (Å²) < 4.78 is 25.3. The van der Waals surface area contributed by atoms with Crippen LogP contribution < -0.4 is 15.0 Å². The molecule has 3 heterocycles. The average molecular weight is 372 g/mol. The summed E-state index contributed by atoms with van der Waals surface area (Å²) in [5.41, 5.74) is 1.70. The quantitative estimate of drug-likeness (QED) is 0.807. The Balaban J connectivity index is 1.66. The van der Waals surface area contributed by atoms with Gasteiger partial charge >= 0.3 is 0 Å². The molecule has 2 aliphatic heterocycles. The van der Waals surface area contributed by atoms with E-state index in [4.69, 9.17) is 9.47 Å². The predicted molar refractivity (Wildman–Crippen MR) is 100 cm³/mol. The number of rotatable bonds is 4. The number of hydrogen-bond donors (Lipinski definition) is 2. The van der Waals surface area contributed by atoms with E-state index >= 15 is 0 Å². The minimum atomic E-state index is -0.515. The topological polar surface area (TPSA) is 79.5 Å². The van der Waals surface area contributed by atoms with Crippen LogP contribution >= 0.6 is 0 Å². The van der Waals surface area contributed by atoms with Crippen LogP contribution in [0.1, 0.15) is 25.1 Å². The Morgan fingerprint density at radius 1 is 1.33 bits per heavy atom. The number of fused-ring (bicyclic) bond motifs is 1. The number of halogens is 1. The Hall–Kier alpha value is -2.87. The Bertz CT molecular complexity index is 900. The summed E-state index contributed by atoms with van der Waals surface area (Å²) in [5.74, 6) is 0.251. The maximum absolute atomic E-state index is 14.4. The van der Waals surface area contributed by atoms with Crippen LogP contribution in [0.3, 0.4) is 0 Å². The SMILES string of the molecule is CC(C)Oc1cc(F)c2c(c1)/C(=C/c1cnc(N3CCOCC3)[nH]1)C(=O)N2. The smallest absolute Gasteiger partial charge is 0.256 e. The van der Waals surface area contributed by atoms with Gasteiger partial charge in [0, 0.05) is 24.7 Å². The van der Waals surface area contributed by atoms with Gasteiger partial charge in [0.25, 0.3) is 5.91 Å². The van der Waals surface area contributed by atoms with Gasteiger partial charge in [0.05, 0.1) is 42.5 Å². The van der Waals surface area contributed by atoms with Gasteiger partial charge in [0.15, 0.2) is 5.82 Å². The minimum Gasteiger partial charge on any atom is -0.491 e. The van der Waals surface area contributed by atoms with Crippen LogP contribution in [0.5, 0.6) is 5.75 Å². The fraction of sp³-hybridized carbons (Fsp3) is 0.368. The second kappa shape index (κ2) is 7.03. The van der Waals surface area contributed by atoms with E-state index in [0.29, 0.717) is 35.8 Å². The summed E-state index contributed by atoms with van der Waals surface area (Å²) in [4.78, 5) is 22.0. The molecular weight excluding hydrogens is 351 g/mol. The number of amides is 1. The zero-order valence-corrected chi connectivity index (χ0v) is 15.2. The fourth-order valence-corrected chi connectivity index (χ4v) is 3.20. The number of anilines is 2. The third-order valence-electron chi connectivity index (χ3n) is 4.40. The number of aromatic nitrogens is 2. The summed E-state index contributed by atoms with van der Waals surface area (Å²) in [7, 11) is 0. The van der Waals surface area contributed by atoms with E-state index in [-0.39, 0.29) is 17.7 Å². The van der Waals surface area contributed by atoms with Crippen molar-refractivity contribution in [2.45, 2.75) is 20.0 Å². The first-order valence-electron chi connectivity index (χ1n) is 8.92. The van der Waals surface area contributed by atoms with Gasteiger partial charge in [-0.1, -0.05) is 0 Å². The number of imidazole rings is 1. The van der Waals surface area contributed by atoms with Crippen molar-refractivity contribution >= 4 is 29.2 Å². The molecule has 2 aromatic rings. The van der Waals surface area contributed by atoms with Gasteiger partial charge in [0.2, 0.25) is 5.95 Å². The van der Waals surface area contributed by atoms with Gasteiger partial charge in [-0.2, -0.15) is 0 Å². The lowest BCUT2D eigenvalue weighted by atomic mass is 10.1. The highest BCUT2D eigenvalue weighted by Crippen LogP contribution is 2.38. The number of nitrogens with zero attached hydrogens (tertiary/aromatic N) is 2. The van der Waals surface area contributed by atoms with Crippen molar-refractivity contribution in [1.82, 2.24) is 9.97 Å². The maximum Gasteiger partial charge on any atom is 0.256 e. The molecule has 4 rings (SSSR count). The molecule has 27 heavy (non-hydrogen) atoms. The van der Waals surface area contributed by atoms with Gasteiger partial charge in [-0.15, -0.1) is 0 Å². The third-order valence-corrected chi connectivity index (χ3v) is 4.40. The largest absolute Gasteiger partial charge is 0.491 e. The predicted octanol–water partition coefficient (Wildman–Crippen LogP) is 2.67. The summed E-state index contributed by atoms with van der Waals surface area (Å²) in [5, 5.41) is 2.59. The molecule has 2 N–H and O–H groups in total. The van der Waals surface area contributed by atoms with E-state index in [1.165, 1.54) is 6.07 Å². The highest BCUT2D eigenvalue weighted by Gasteiger charge is 2.28. The Morgan fingerprint density at radius 2 is 2.11 bits per heavy atom. The molecule has 0 aliphatic carbocycles. The molecule has 0 radical (unpaired) electrons. The van der Waals surface area contributed by atoms with Crippen molar-refractivity contribution in [2.75, 3.05) is 36.5 Å². The number of carbonyl (C=O) groups excluding carboxylic acids is 1. The van der Waals surface area contributed by atoms with E-state index in [1.807, 2.05) is 13.8 Å². The van der Waals surface area contributed by atoms with Crippen LogP contribution in [-0.2, 0) is 9.53 Å². The monoisotopic (exact) mass is 372 g/mol. The molecule has 0 unspecified atom stereocenters. The minimum absolute atomic E-state index is 0.0939. The molecule has 8 heteroatoms. The van der Waals surface area contributed by atoms with Crippen molar-refractivity contribution in [3.63, 3.8) is 0 Å². The Kier molecular flexibility index (Phi) is 4.57. The second-order valence-electron chi connectivity index (χ2n) is 6.77. The molecule has 1 amide bonds. The zero-order valence-electron chi connectivity index (χ0n) is 15.2. The summed E-state index contributed by atoms with van der Waals surface area (Å²) in [6.07, 6.45) is 3.24. The molecule has 1 saturated heterocycles. The molecule has 1 aromatic heterocycles. The summed E-state index contributed by atoms with van der Waals surface area (Å²) in [6.45, 7) is 6.56. The van der Waals surface area contributed by atoms with E-state index in [2.05, 4.69) is 20.2 Å². The molecule has 0 spiro atoms. The van der Waals surface area contributed by atoms with Crippen molar-refractivity contribution in [1.29, 1.82) is 0 Å². The van der Waals surface area contributed by atoms with Gasteiger partial charge in [-0.3, -0.25) is 4.79 Å². The number of H-pyrrole nitrogens is 1. The van der Waals surface area contributed by atoms with Crippen LogP contribution in [0.2, 0.25) is 0 Å². The van der Waals surface area contributed by atoms with E-state index < -0.39 is 5.82 Å². The number of morpholine rings is 1. The lowest BCUT2D eigenvalue weighted by Crippen LogP contribution is -2.36. The van der Waals surface area contributed by atoms with E-state index in [1.54, 1.807) is 18.3 Å². The molecular formula is C19H21FN4O3. The van der Waals surface area contributed by atoms with Crippen LogP contribution in [0, 0.1) is 5.82 Å². The number of ether oxygens (including phenoxy) is 2. The summed E-state index contributed by atoms with van der Waals surface area (Å²) >= 11 is 0. The first-order valence-corrected chi connectivity index (χ1v) is 8.92. The number of hydrogen-bond acceptors (Lipinski definition) is 5. The van der Waals surface area contributed by atoms with Crippen molar-refractivity contribution < 1.29 is 18.7 Å². The van der Waals surface area contributed by atoms with Crippen molar-refractivity contribution in [3.8, 4) is 5.75 Å². The van der Waals surface area contributed by atoms with Crippen LogP contribution in [0.4, 0.5) is 16.0 Å². The van der Waals surface area contributed by atoms with E-state index in [9.17, 15) is 9.18 Å². The Morgan fingerprint density at radius 3 is 2.85 bits per heavy atom. The van der Waals surface area contributed by atoms with Crippen LogP contribution in [-0.4, -0.2) is 48.3 Å². The van der Waals surface area contributed by atoms with Crippen LogP contribution in [0.15, 0.2) is 18.3 Å². The molecule has 0 atom stereocenters. The fourth-order valence-electron chi connectivity index (χ4n) is 3.20. The van der Waals surface area contributed by atoms with Gasteiger partial charge in [0.1, 0.15) is 5.75 Å². The number of benzene rings is 1. The normalized spacial score (nSPS) is 18.1.